The molecule has 0 unspecified atom stereocenters. The number of hydrogen-bond acceptors (Lipinski definition) is 5. The molecule has 1 fully saturated rings. The highest BCUT2D eigenvalue weighted by Crippen LogP contribution is 2.18. The van der Waals surface area contributed by atoms with E-state index < -0.39 is 5.97 Å². The summed E-state index contributed by atoms with van der Waals surface area (Å²) >= 11 is 0. The fourth-order valence-electron chi connectivity index (χ4n) is 3.33. The predicted molar refractivity (Wildman–Crippen MR) is 95.1 cm³/mol. The van der Waals surface area contributed by atoms with E-state index in [9.17, 15) is 14.0 Å². The maximum absolute atomic E-state index is 13.0. The average Bonchev–Trinajstić information content (AvgIpc) is 3.16. The van der Waals surface area contributed by atoms with Crippen molar-refractivity contribution in [2.24, 2.45) is 0 Å². The number of aliphatic carboxylic acids is 1. The number of likely N-dealkylation sites (tertiary alicyclic amines) is 1. The number of aromatic nitrogens is 3. The van der Waals surface area contributed by atoms with Crippen LogP contribution >= 0.6 is 0 Å². The molecular weight excluding hydrogens is 353 g/mol. The summed E-state index contributed by atoms with van der Waals surface area (Å²) in [6, 6.07) is 5.85. The lowest BCUT2D eigenvalue weighted by molar-refractivity contribution is -0.139. The second kappa shape index (κ2) is 8.26. The molecule has 1 aromatic carbocycles. The molecule has 0 aliphatic carbocycles. The molecule has 2 heterocycles. The molecule has 1 aliphatic heterocycles. The van der Waals surface area contributed by atoms with Crippen molar-refractivity contribution in [3.05, 3.63) is 42.0 Å². The fraction of sp³-hybridized carbons (Fsp3) is 0.444. The van der Waals surface area contributed by atoms with E-state index in [1.165, 1.54) is 35.3 Å². The molecule has 0 atom stereocenters. The third-order valence-corrected chi connectivity index (χ3v) is 4.78. The van der Waals surface area contributed by atoms with Crippen LogP contribution in [0.15, 0.2) is 30.5 Å². The van der Waals surface area contributed by atoms with Crippen LogP contribution in [0, 0.1) is 5.82 Å². The lowest BCUT2D eigenvalue weighted by Crippen LogP contribution is -2.48. The van der Waals surface area contributed by atoms with Crippen LogP contribution < -0.4 is 0 Å². The highest BCUT2D eigenvalue weighted by Gasteiger charge is 2.28. The van der Waals surface area contributed by atoms with E-state index in [-0.39, 0.29) is 30.0 Å². The predicted octanol–water partition coefficient (Wildman–Crippen LogP) is 1.42. The molecule has 0 spiro atoms. The number of amides is 1. The molecule has 0 bridgehead atoms. The van der Waals surface area contributed by atoms with Crippen LogP contribution in [0.2, 0.25) is 0 Å². The van der Waals surface area contributed by atoms with E-state index in [4.69, 9.17) is 5.11 Å². The van der Waals surface area contributed by atoms with Gasteiger partial charge < -0.3 is 10.0 Å². The largest absolute Gasteiger partial charge is 0.480 e. The molecule has 9 heteroatoms. The minimum Gasteiger partial charge on any atom is -0.480 e. The van der Waals surface area contributed by atoms with E-state index in [1.807, 2.05) is 11.8 Å². The molecule has 1 aromatic heterocycles. The molecule has 1 aliphatic rings. The third kappa shape index (κ3) is 4.48. The molecule has 1 N–H and O–H groups in total. The summed E-state index contributed by atoms with van der Waals surface area (Å²) in [5.41, 5.74) is 0.803. The SMILES string of the molecule is CCN(CC(=O)O)C1CCN(C(=O)c2cnn(-c3ccc(F)cc3)n2)CC1. The first-order valence-electron chi connectivity index (χ1n) is 8.91. The van der Waals surface area contributed by atoms with Gasteiger partial charge in [-0.25, -0.2) is 4.39 Å². The van der Waals surface area contributed by atoms with Crippen LogP contribution in [0.3, 0.4) is 0 Å². The molecule has 144 valence electrons. The molecule has 1 amide bonds. The van der Waals surface area contributed by atoms with Gasteiger partial charge in [-0.2, -0.15) is 9.90 Å². The topological polar surface area (TPSA) is 91.6 Å². The van der Waals surface area contributed by atoms with Crippen molar-refractivity contribution in [1.29, 1.82) is 0 Å². The molecule has 1 saturated heterocycles. The molecule has 27 heavy (non-hydrogen) atoms. The van der Waals surface area contributed by atoms with Crippen LogP contribution in [0.1, 0.15) is 30.3 Å². The first-order chi connectivity index (χ1) is 13.0. The van der Waals surface area contributed by atoms with Gasteiger partial charge >= 0.3 is 5.97 Å². The summed E-state index contributed by atoms with van der Waals surface area (Å²) in [5.74, 6) is -1.40. The zero-order valence-electron chi connectivity index (χ0n) is 15.1. The van der Waals surface area contributed by atoms with Gasteiger partial charge in [0.1, 0.15) is 5.82 Å². The second-order valence-electron chi connectivity index (χ2n) is 6.48. The number of carboxylic acid groups (broad SMARTS) is 1. The number of halogens is 1. The van der Waals surface area contributed by atoms with Crippen molar-refractivity contribution in [1.82, 2.24) is 24.8 Å². The van der Waals surface area contributed by atoms with Gasteiger partial charge in [-0.1, -0.05) is 6.92 Å². The Hall–Kier alpha value is -2.81. The third-order valence-electron chi connectivity index (χ3n) is 4.78. The smallest absolute Gasteiger partial charge is 0.317 e. The zero-order chi connectivity index (χ0) is 19.4. The van der Waals surface area contributed by atoms with Crippen LogP contribution in [0.5, 0.6) is 0 Å². The number of benzene rings is 1. The van der Waals surface area contributed by atoms with E-state index >= 15 is 0 Å². The Labute approximate surface area is 156 Å². The number of hydrogen-bond donors (Lipinski definition) is 1. The summed E-state index contributed by atoms with van der Waals surface area (Å²) in [6.07, 6.45) is 2.85. The maximum Gasteiger partial charge on any atom is 0.317 e. The van der Waals surface area contributed by atoms with Crippen molar-refractivity contribution in [3.63, 3.8) is 0 Å². The minimum atomic E-state index is -0.840. The summed E-state index contributed by atoms with van der Waals surface area (Å²) in [4.78, 5) is 28.6. The van der Waals surface area contributed by atoms with Crippen LogP contribution in [-0.2, 0) is 4.79 Å². The highest BCUT2D eigenvalue weighted by atomic mass is 19.1. The number of likely N-dealkylation sites (N-methyl/N-ethyl adjacent to an activating group) is 1. The van der Waals surface area contributed by atoms with Crippen molar-refractivity contribution in [2.45, 2.75) is 25.8 Å². The number of carbonyl (C=O) groups is 2. The van der Waals surface area contributed by atoms with Gasteiger partial charge in [-0.15, -0.1) is 5.10 Å². The number of carbonyl (C=O) groups excluding carboxylic acids is 1. The molecule has 3 rings (SSSR count). The van der Waals surface area contributed by atoms with Gasteiger partial charge in [0.05, 0.1) is 18.4 Å². The van der Waals surface area contributed by atoms with Gasteiger partial charge in [0.2, 0.25) is 0 Å². The Bertz CT molecular complexity index is 800. The van der Waals surface area contributed by atoms with E-state index in [0.29, 0.717) is 25.3 Å². The maximum atomic E-state index is 13.0. The monoisotopic (exact) mass is 375 g/mol. The van der Waals surface area contributed by atoms with Gasteiger partial charge in [0.15, 0.2) is 5.69 Å². The van der Waals surface area contributed by atoms with Crippen molar-refractivity contribution in [3.8, 4) is 5.69 Å². The quantitative estimate of drug-likeness (QED) is 0.821. The van der Waals surface area contributed by atoms with Gasteiger partial charge in [0, 0.05) is 19.1 Å². The second-order valence-corrected chi connectivity index (χ2v) is 6.48. The Morgan fingerprint density at radius 2 is 1.93 bits per heavy atom. The Morgan fingerprint density at radius 1 is 1.26 bits per heavy atom. The summed E-state index contributed by atoms with van der Waals surface area (Å²) < 4.78 is 13.0. The van der Waals surface area contributed by atoms with E-state index in [0.717, 1.165) is 12.8 Å². The fourth-order valence-corrected chi connectivity index (χ4v) is 3.33. The first-order valence-corrected chi connectivity index (χ1v) is 8.91. The summed E-state index contributed by atoms with van der Waals surface area (Å²) in [6.45, 7) is 3.71. The standard InChI is InChI=1S/C18H22FN5O3/c1-2-22(12-17(25)26)14-7-9-23(10-8-14)18(27)16-11-20-24(21-16)15-5-3-13(19)4-6-15/h3-6,11,14H,2,7-10,12H2,1H3,(H,25,26). The summed E-state index contributed by atoms with van der Waals surface area (Å²) in [7, 11) is 0. The molecule has 0 saturated carbocycles. The summed E-state index contributed by atoms with van der Waals surface area (Å²) in [5, 5.41) is 17.3. The highest BCUT2D eigenvalue weighted by molar-refractivity contribution is 5.92. The van der Waals surface area contributed by atoms with Gasteiger partial charge in [-0.3, -0.25) is 14.5 Å². The molecule has 8 nitrogen and oxygen atoms in total. The van der Waals surface area contributed by atoms with Crippen LogP contribution in [-0.4, -0.2) is 74.0 Å². The normalized spacial score (nSPS) is 15.3. The zero-order valence-corrected chi connectivity index (χ0v) is 15.1. The number of piperidine rings is 1. The number of carboxylic acids is 1. The van der Waals surface area contributed by atoms with Crippen molar-refractivity contribution in [2.75, 3.05) is 26.2 Å². The van der Waals surface area contributed by atoms with Crippen molar-refractivity contribution >= 4 is 11.9 Å². The van der Waals surface area contributed by atoms with Crippen molar-refractivity contribution < 1.29 is 19.1 Å². The van der Waals surface area contributed by atoms with Gasteiger partial charge in [-0.05, 0) is 43.7 Å². The minimum absolute atomic E-state index is 0.0150. The molecular formula is C18H22FN5O3. The van der Waals surface area contributed by atoms with Crippen LogP contribution in [0.4, 0.5) is 4.39 Å². The lowest BCUT2D eigenvalue weighted by Gasteiger charge is -2.37. The first kappa shape index (κ1) is 19.0. The molecule has 0 radical (unpaired) electrons. The average molecular weight is 375 g/mol. The Morgan fingerprint density at radius 3 is 2.52 bits per heavy atom. The number of nitrogens with zero attached hydrogens (tertiary/aromatic N) is 5. The van der Waals surface area contributed by atoms with Crippen LogP contribution in [0.25, 0.3) is 5.69 Å². The lowest BCUT2D eigenvalue weighted by atomic mass is 10.0. The number of rotatable bonds is 6. The molecule has 2 aromatic rings. The van der Waals surface area contributed by atoms with E-state index in [1.54, 1.807) is 4.90 Å². The van der Waals surface area contributed by atoms with Gasteiger partial charge in [0.25, 0.3) is 5.91 Å². The Kier molecular flexibility index (Phi) is 5.80. The van der Waals surface area contributed by atoms with E-state index in [2.05, 4.69) is 10.2 Å². The Balaban J connectivity index is 1.61.